The molecule has 0 aliphatic carbocycles. The summed E-state index contributed by atoms with van der Waals surface area (Å²) in [5.41, 5.74) is 0. The summed E-state index contributed by atoms with van der Waals surface area (Å²) in [6.07, 6.45) is 6.30. The molecule has 1 atom stereocenters. The van der Waals surface area contributed by atoms with Crippen LogP contribution in [0.2, 0.25) is 6.04 Å². The average Bonchev–Trinajstić information content (AvgIpc) is 3.16. The van der Waals surface area contributed by atoms with Gasteiger partial charge in [0.15, 0.2) is 0 Å². The van der Waals surface area contributed by atoms with Crippen molar-refractivity contribution in [2.45, 2.75) is 51.2 Å². The van der Waals surface area contributed by atoms with Crippen molar-refractivity contribution in [3.63, 3.8) is 0 Å². The van der Waals surface area contributed by atoms with Crippen molar-refractivity contribution in [1.82, 2.24) is 0 Å². The van der Waals surface area contributed by atoms with Gasteiger partial charge in [0.05, 0.1) is 12.7 Å². The Kier molecular flexibility index (Phi) is 7.30. The van der Waals surface area contributed by atoms with Crippen molar-refractivity contribution in [2.75, 3.05) is 27.4 Å². The highest BCUT2D eigenvalue weighted by Crippen LogP contribution is 2.19. The van der Waals surface area contributed by atoms with E-state index in [9.17, 15) is 0 Å². The van der Waals surface area contributed by atoms with E-state index < -0.39 is 8.80 Å². The Morgan fingerprint density at radius 2 is 1.88 bits per heavy atom. The fourth-order valence-corrected chi connectivity index (χ4v) is 3.92. The summed E-state index contributed by atoms with van der Waals surface area (Å²) in [5, 5.41) is 0. The molecule has 1 unspecified atom stereocenters. The van der Waals surface area contributed by atoms with Gasteiger partial charge in [0, 0.05) is 26.9 Å². The minimum Gasteiger partial charge on any atom is -0.377 e. The summed E-state index contributed by atoms with van der Waals surface area (Å²) in [7, 11) is 1.04. The van der Waals surface area contributed by atoms with Crippen molar-refractivity contribution < 1.29 is 18.0 Å². The van der Waals surface area contributed by atoms with E-state index in [1.54, 1.807) is 14.2 Å². The summed E-state index contributed by atoms with van der Waals surface area (Å²) in [5.74, 6) is 0. The van der Waals surface area contributed by atoms with Gasteiger partial charge >= 0.3 is 8.80 Å². The van der Waals surface area contributed by atoms with Crippen LogP contribution < -0.4 is 0 Å². The number of hydrogen-bond acceptors (Lipinski definition) is 4. The molecule has 102 valence electrons. The number of unbranched alkanes of at least 4 members (excludes halogenated alkanes) is 2. The Bertz CT molecular complexity index is 193. The molecule has 1 aliphatic rings. The van der Waals surface area contributed by atoms with Gasteiger partial charge in [-0.3, -0.25) is 0 Å². The first-order chi connectivity index (χ1) is 8.26. The van der Waals surface area contributed by atoms with Crippen molar-refractivity contribution in [3.05, 3.63) is 0 Å². The molecule has 0 aromatic carbocycles. The summed E-state index contributed by atoms with van der Waals surface area (Å²) in [6.45, 7) is 3.84. The molecule has 0 spiro atoms. The van der Waals surface area contributed by atoms with Crippen LogP contribution >= 0.6 is 0 Å². The summed E-state index contributed by atoms with van der Waals surface area (Å²) < 4.78 is 21.9. The van der Waals surface area contributed by atoms with Crippen molar-refractivity contribution in [3.8, 4) is 0 Å². The van der Waals surface area contributed by atoms with E-state index in [-0.39, 0.29) is 0 Å². The fraction of sp³-hybridized carbons (Fsp3) is 1.00. The van der Waals surface area contributed by atoms with Crippen LogP contribution in [-0.4, -0.2) is 42.3 Å². The van der Waals surface area contributed by atoms with E-state index in [1.165, 1.54) is 19.3 Å². The fourth-order valence-electron chi connectivity index (χ4n) is 1.90. The monoisotopic (exact) mass is 262 g/mol. The molecule has 1 aliphatic heterocycles. The lowest BCUT2D eigenvalue weighted by Crippen LogP contribution is -2.43. The third-order valence-electron chi connectivity index (χ3n) is 3.07. The molecule has 0 N–H and O–H groups in total. The molecule has 1 rings (SSSR count). The zero-order chi connectivity index (χ0) is 12.6. The van der Waals surface area contributed by atoms with Gasteiger partial charge in [0.2, 0.25) is 0 Å². The van der Waals surface area contributed by atoms with Crippen LogP contribution in [0, 0.1) is 0 Å². The normalized spacial score (nSPS) is 19.6. The van der Waals surface area contributed by atoms with E-state index in [2.05, 4.69) is 6.92 Å². The predicted octanol–water partition coefficient (Wildman–Crippen LogP) is 2.60. The van der Waals surface area contributed by atoms with E-state index >= 15 is 0 Å². The molecule has 0 aromatic rings. The minimum absolute atomic E-state index is 0.558. The Labute approximate surface area is 106 Å². The van der Waals surface area contributed by atoms with E-state index in [0.717, 1.165) is 32.1 Å². The lowest BCUT2D eigenvalue weighted by Gasteiger charge is -2.25. The number of epoxide rings is 1. The van der Waals surface area contributed by atoms with E-state index in [1.807, 2.05) is 0 Å². The molecule has 1 heterocycles. The molecule has 4 nitrogen and oxygen atoms in total. The lowest BCUT2D eigenvalue weighted by molar-refractivity contribution is 0.0960. The first-order valence-electron chi connectivity index (χ1n) is 6.62. The van der Waals surface area contributed by atoms with Crippen LogP contribution in [0.15, 0.2) is 0 Å². The zero-order valence-corrected chi connectivity index (χ0v) is 12.4. The second-order valence-corrected chi connectivity index (χ2v) is 7.47. The minimum atomic E-state index is -2.34. The van der Waals surface area contributed by atoms with Crippen molar-refractivity contribution >= 4 is 8.80 Å². The molecular weight excluding hydrogens is 236 g/mol. The van der Waals surface area contributed by atoms with Crippen LogP contribution in [-0.2, 0) is 18.0 Å². The van der Waals surface area contributed by atoms with Crippen LogP contribution in [0.3, 0.4) is 0 Å². The molecule has 0 amide bonds. The molecule has 0 aromatic heterocycles. The summed E-state index contributed by atoms with van der Waals surface area (Å²) in [4.78, 5) is 0. The highest BCUT2D eigenvalue weighted by Gasteiger charge is 2.37. The molecule has 0 radical (unpaired) electrons. The number of rotatable bonds is 11. The first-order valence-corrected chi connectivity index (χ1v) is 8.55. The topological polar surface area (TPSA) is 40.2 Å². The third kappa shape index (κ3) is 5.97. The summed E-state index contributed by atoms with van der Waals surface area (Å²) in [6, 6.07) is 0.899. The highest BCUT2D eigenvalue weighted by atomic mass is 28.4. The first kappa shape index (κ1) is 15.1. The number of hydrogen-bond donors (Lipinski definition) is 0. The maximum atomic E-state index is 5.85. The Hall–Kier alpha value is 0.0569. The lowest BCUT2D eigenvalue weighted by atomic mass is 10.2. The maximum Gasteiger partial charge on any atom is 0.500 e. The Morgan fingerprint density at radius 3 is 2.41 bits per heavy atom. The molecule has 1 fully saturated rings. The zero-order valence-electron chi connectivity index (χ0n) is 11.4. The van der Waals surface area contributed by atoms with E-state index in [0.29, 0.717) is 6.10 Å². The second kappa shape index (κ2) is 8.21. The third-order valence-corrected chi connectivity index (χ3v) is 6.07. The molecule has 5 heteroatoms. The van der Waals surface area contributed by atoms with Crippen molar-refractivity contribution in [1.29, 1.82) is 0 Å². The van der Waals surface area contributed by atoms with Gasteiger partial charge in [-0.05, 0) is 12.8 Å². The van der Waals surface area contributed by atoms with Gasteiger partial charge in [0.1, 0.15) is 0 Å². The smallest absolute Gasteiger partial charge is 0.377 e. The largest absolute Gasteiger partial charge is 0.500 e. The van der Waals surface area contributed by atoms with Gasteiger partial charge < -0.3 is 18.0 Å². The Balaban J connectivity index is 2.04. The Morgan fingerprint density at radius 1 is 1.18 bits per heavy atom. The van der Waals surface area contributed by atoms with Gasteiger partial charge in [-0.2, -0.15) is 0 Å². The van der Waals surface area contributed by atoms with Gasteiger partial charge in [-0.25, -0.2) is 0 Å². The van der Waals surface area contributed by atoms with Gasteiger partial charge in [-0.1, -0.05) is 26.2 Å². The predicted molar refractivity (Wildman–Crippen MR) is 69.0 cm³/mol. The van der Waals surface area contributed by atoms with Gasteiger partial charge in [0.25, 0.3) is 0 Å². The molecular formula is C12H26O4Si. The molecule has 1 saturated heterocycles. The van der Waals surface area contributed by atoms with Crippen LogP contribution in [0.4, 0.5) is 0 Å². The molecule has 0 bridgehead atoms. The van der Waals surface area contributed by atoms with E-state index in [4.69, 9.17) is 18.0 Å². The second-order valence-electron chi connectivity index (χ2n) is 4.49. The maximum absolute atomic E-state index is 5.85. The molecule has 0 saturated carbocycles. The SMILES string of the molecule is CCC[Si](OC)(OC)OCCCCCC1CO1. The van der Waals surface area contributed by atoms with Crippen LogP contribution in [0.1, 0.15) is 39.0 Å². The standard InChI is InChI=1S/C12H26O4Si/c1-4-10-17(13-2,14-3)16-9-7-5-6-8-12-11-15-12/h12H,4-11H2,1-3H3. The van der Waals surface area contributed by atoms with Gasteiger partial charge in [-0.15, -0.1) is 0 Å². The summed E-state index contributed by atoms with van der Waals surface area (Å²) >= 11 is 0. The quantitative estimate of drug-likeness (QED) is 0.326. The average molecular weight is 262 g/mol. The highest BCUT2D eigenvalue weighted by molar-refractivity contribution is 6.60. The number of ether oxygens (including phenoxy) is 1. The van der Waals surface area contributed by atoms with Crippen LogP contribution in [0.25, 0.3) is 0 Å². The van der Waals surface area contributed by atoms with Crippen molar-refractivity contribution in [2.24, 2.45) is 0 Å². The van der Waals surface area contributed by atoms with Crippen LogP contribution in [0.5, 0.6) is 0 Å². The molecule has 17 heavy (non-hydrogen) atoms.